The Bertz CT molecular complexity index is 680. The molecule has 0 unspecified atom stereocenters. The van der Waals surface area contributed by atoms with E-state index < -0.39 is 15.6 Å². The monoisotopic (exact) mass is 305 g/mol. The topological polar surface area (TPSA) is 57.6 Å². The highest BCUT2D eigenvalue weighted by molar-refractivity contribution is 7.89. The molecule has 1 aromatic carbocycles. The fraction of sp³-hybridized carbons (Fsp3) is 0.375. The van der Waals surface area contributed by atoms with Crippen LogP contribution in [0.25, 0.3) is 0 Å². The lowest BCUT2D eigenvalue weighted by Crippen LogP contribution is -2.32. The van der Waals surface area contributed by atoms with Gasteiger partial charge in [0.1, 0.15) is 5.60 Å². The number of terminal acetylenes is 1. The number of rotatable bonds is 4. The van der Waals surface area contributed by atoms with E-state index in [-0.39, 0.29) is 18.0 Å². The van der Waals surface area contributed by atoms with Crippen molar-refractivity contribution in [3.8, 4) is 24.2 Å². The van der Waals surface area contributed by atoms with E-state index in [1.165, 1.54) is 26.0 Å². The lowest BCUT2D eigenvalue weighted by Gasteiger charge is -2.17. The van der Waals surface area contributed by atoms with E-state index in [0.717, 1.165) is 9.87 Å². The molecule has 4 nitrogen and oxygen atoms in total. The Labute approximate surface area is 126 Å². The summed E-state index contributed by atoms with van der Waals surface area (Å²) in [4.78, 5) is 0.174. The molecule has 0 heterocycles. The first-order valence-corrected chi connectivity index (χ1v) is 7.83. The first kappa shape index (κ1) is 17.3. The number of hydrogen-bond acceptors (Lipinski definition) is 3. The molecule has 0 aliphatic heterocycles. The van der Waals surface area contributed by atoms with E-state index in [4.69, 9.17) is 6.42 Å². The van der Waals surface area contributed by atoms with E-state index in [0.29, 0.717) is 0 Å². The van der Waals surface area contributed by atoms with Crippen molar-refractivity contribution in [3.05, 3.63) is 29.8 Å². The predicted molar refractivity (Wildman–Crippen MR) is 82.8 cm³/mol. The standard InChI is InChI=1S/C16H19NO3S/c1-5-12-17(13-6-11-16(3,4)18)21(19,20)15-9-7-14(2)8-10-15/h1,7-10,18H,12-13H2,2-4H3. The average Bonchev–Trinajstić information content (AvgIpc) is 2.37. The zero-order valence-electron chi connectivity index (χ0n) is 12.4. The van der Waals surface area contributed by atoms with Crippen LogP contribution < -0.4 is 0 Å². The summed E-state index contributed by atoms with van der Waals surface area (Å²) in [5.41, 5.74) is -0.200. The molecule has 0 aromatic heterocycles. The van der Waals surface area contributed by atoms with Crippen LogP contribution in [0.15, 0.2) is 29.2 Å². The zero-order chi connectivity index (χ0) is 16.1. The Balaban J connectivity index is 3.06. The number of aryl methyl sites for hydroxylation is 1. The minimum Gasteiger partial charge on any atom is -0.378 e. The fourth-order valence-electron chi connectivity index (χ4n) is 1.53. The van der Waals surface area contributed by atoms with Gasteiger partial charge < -0.3 is 5.11 Å². The first-order valence-electron chi connectivity index (χ1n) is 6.39. The third-order valence-corrected chi connectivity index (χ3v) is 4.38. The molecule has 1 aromatic rings. The van der Waals surface area contributed by atoms with Crippen LogP contribution in [0.2, 0.25) is 0 Å². The molecule has 5 heteroatoms. The highest BCUT2D eigenvalue weighted by Gasteiger charge is 2.22. The van der Waals surface area contributed by atoms with Crippen LogP contribution in [0.3, 0.4) is 0 Å². The number of benzene rings is 1. The van der Waals surface area contributed by atoms with Crippen molar-refractivity contribution in [1.82, 2.24) is 4.31 Å². The van der Waals surface area contributed by atoms with Crippen LogP contribution >= 0.6 is 0 Å². The van der Waals surface area contributed by atoms with E-state index in [1.807, 2.05) is 6.92 Å². The zero-order valence-corrected chi connectivity index (χ0v) is 13.2. The minimum atomic E-state index is -3.69. The molecule has 0 atom stereocenters. The molecule has 0 amide bonds. The average molecular weight is 305 g/mol. The molecule has 21 heavy (non-hydrogen) atoms. The molecule has 0 saturated heterocycles. The molecule has 0 fully saturated rings. The Morgan fingerprint density at radius 3 is 2.29 bits per heavy atom. The van der Waals surface area contributed by atoms with Crippen LogP contribution in [0.5, 0.6) is 0 Å². The highest BCUT2D eigenvalue weighted by atomic mass is 32.2. The SMILES string of the molecule is C#CCN(CC#CC(C)(C)O)S(=O)(=O)c1ccc(C)cc1. The Hall–Kier alpha value is -1.79. The quantitative estimate of drug-likeness (QED) is 0.855. The predicted octanol–water partition coefficient (Wildman–Crippen LogP) is 1.39. The van der Waals surface area contributed by atoms with Gasteiger partial charge >= 0.3 is 0 Å². The van der Waals surface area contributed by atoms with Crippen LogP contribution in [0, 0.1) is 31.1 Å². The third-order valence-electron chi connectivity index (χ3n) is 2.58. The second-order valence-corrected chi connectivity index (χ2v) is 7.09. The molecule has 0 bridgehead atoms. The molecule has 1 N–H and O–H groups in total. The van der Waals surface area contributed by atoms with Gasteiger partial charge in [0.2, 0.25) is 10.0 Å². The number of hydrogen-bond donors (Lipinski definition) is 1. The van der Waals surface area contributed by atoms with Gasteiger partial charge in [-0.25, -0.2) is 8.42 Å². The summed E-state index contributed by atoms with van der Waals surface area (Å²) in [6.45, 7) is 4.80. The fourth-order valence-corrected chi connectivity index (χ4v) is 2.79. The van der Waals surface area contributed by atoms with Gasteiger partial charge in [0, 0.05) is 0 Å². The summed E-state index contributed by atoms with van der Waals surface area (Å²) in [7, 11) is -3.69. The lowest BCUT2D eigenvalue weighted by atomic mass is 10.1. The van der Waals surface area contributed by atoms with Gasteiger partial charge in [0.25, 0.3) is 0 Å². The van der Waals surface area contributed by atoms with Crippen molar-refractivity contribution in [2.75, 3.05) is 13.1 Å². The van der Waals surface area contributed by atoms with Crippen LogP contribution in [0.4, 0.5) is 0 Å². The van der Waals surface area contributed by atoms with Crippen molar-refractivity contribution in [1.29, 1.82) is 0 Å². The maximum absolute atomic E-state index is 12.5. The second kappa shape index (κ2) is 6.78. The molecular weight excluding hydrogens is 286 g/mol. The molecule has 0 aliphatic rings. The maximum Gasteiger partial charge on any atom is 0.244 e. The van der Waals surface area contributed by atoms with Gasteiger partial charge in [-0.2, -0.15) is 4.31 Å². The summed E-state index contributed by atoms with van der Waals surface area (Å²) in [6, 6.07) is 6.53. The highest BCUT2D eigenvalue weighted by Crippen LogP contribution is 2.15. The van der Waals surface area contributed by atoms with Gasteiger partial charge in [-0.15, -0.1) is 6.42 Å². The molecular formula is C16H19NO3S. The summed E-state index contributed by atoms with van der Waals surface area (Å²) in [5.74, 6) is 7.54. The van der Waals surface area contributed by atoms with Crippen LogP contribution in [-0.4, -0.2) is 36.5 Å². The largest absolute Gasteiger partial charge is 0.378 e. The Morgan fingerprint density at radius 2 is 1.81 bits per heavy atom. The van der Waals surface area contributed by atoms with Crippen molar-refractivity contribution >= 4 is 10.0 Å². The van der Waals surface area contributed by atoms with Crippen molar-refractivity contribution in [2.24, 2.45) is 0 Å². The molecule has 0 spiro atoms. The summed E-state index contributed by atoms with van der Waals surface area (Å²) >= 11 is 0. The van der Waals surface area contributed by atoms with E-state index >= 15 is 0 Å². The lowest BCUT2D eigenvalue weighted by molar-refractivity contribution is 0.143. The van der Waals surface area contributed by atoms with Crippen molar-refractivity contribution < 1.29 is 13.5 Å². The maximum atomic E-state index is 12.5. The Morgan fingerprint density at radius 1 is 1.24 bits per heavy atom. The summed E-state index contributed by atoms with van der Waals surface area (Å²) in [5, 5.41) is 9.53. The number of sulfonamides is 1. The molecule has 0 aliphatic carbocycles. The van der Waals surface area contributed by atoms with Gasteiger partial charge in [0.05, 0.1) is 18.0 Å². The van der Waals surface area contributed by atoms with E-state index in [1.54, 1.807) is 12.1 Å². The smallest absolute Gasteiger partial charge is 0.244 e. The van der Waals surface area contributed by atoms with E-state index in [2.05, 4.69) is 17.8 Å². The van der Waals surface area contributed by atoms with E-state index in [9.17, 15) is 13.5 Å². The minimum absolute atomic E-state index is 0.0651. The summed E-state index contributed by atoms with van der Waals surface area (Å²) < 4.78 is 26.1. The normalized spacial score (nSPS) is 11.6. The van der Waals surface area contributed by atoms with Crippen LogP contribution in [-0.2, 0) is 10.0 Å². The molecule has 0 radical (unpaired) electrons. The molecule has 112 valence electrons. The van der Waals surface area contributed by atoms with Gasteiger partial charge in [-0.05, 0) is 32.9 Å². The summed E-state index contributed by atoms with van der Waals surface area (Å²) in [6.07, 6.45) is 5.23. The molecule has 1 rings (SSSR count). The number of nitrogens with zero attached hydrogens (tertiary/aromatic N) is 1. The van der Waals surface area contributed by atoms with Gasteiger partial charge in [-0.1, -0.05) is 35.5 Å². The second-order valence-electron chi connectivity index (χ2n) is 5.15. The number of aliphatic hydroxyl groups is 1. The van der Waals surface area contributed by atoms with Gasteiger partial charge in [0.15, 0.2) is 0 Å². The van der Waals surface area contributed by atoms with Gasteiger partial charge in [-0.3, -0.25) is 0 Å². The van der Waals surface area contributed by atoms with Crippen molar-refractivity contribution in [3.63, 3.8) is 0 Å². The molecule has 0 saturated carbocycles. The third kappa shape index (κ3) is 5.24. The first-order chi connectivity index (χ1) is 9.66. The van der Waals surface area contributed by atoms with Crippen LogP contribution in [0.1, 0.15) is 19.4 Å². The van der Waals surface area contributed by atoms with Crippen molar-refractivity contribution in [2.45, 2.75) is 31.3 Å². The Kier molecular flexibility index (Phi) is 5.57.